The fourth-order valence-corrected chi connectivity index (χ4v) is 2.84. The summed E-state index contributed by atoms with van der Waals surface area (Å²) in [6, 6.07) is 7.19. The molecule has 0 amide bonds. The number of hydrogen-bond acceptors (Lipinski definition) is 5. The highest BCUT2D eigenvalue weighted by Crippen LogP contribution is 2.37. The van der Waals surface area contributed by atoms with E-state index in [1.807, 2.05) is 12.1 Å². The molecule has 3 aliphatic heterocycles. The maximum Gasteiger partial charge on any atom is 0.219 e. The van der Waals surface area contributed by atoms with Gasteiger partial charge in [0.15, 0.2) is 6.10 Å². The van der Waals surface area contributed by atoms with Crippen LogP contribution in [0.2, 0.25) is 5.02 Å². The third kappa shape index (κ3) is 1.62. The van der Waals surface area contributed by atoms with Crippen molar-refractivity contribution in [3.05, 3.63) is 34.9 Å². The van der Waals surface area contributed by atoms with Crippen molar-refractivity contribution < 1.29 is 19.1 Å². The van der Waals surface area contributed by atoms with E-state index in [1.165, 1.54) is 0 Å². The summed E-state index contributed by atoms with van der Waals surface area (Å²) in [4.78, 5) is 17.7. The van der Waals surface area contributed by atoms with Crippen LogP contribution in [0.1, 0.15) is 5.56 Å². The van der Waals surface area contributed by atoms with Gasteiger partial charge in [0.2, 0.25) is 12.1 Å². The largest absolute Gasteiger partial charge is 0.388 e. The maximum absolute atomic E-state index is 12.3. The van der Waals surface area contributed by atoms with E-state index in [0.29, 0.717) is 17.3 Å². The minimum Gasteiger partial charge on any atom is -0.388 e. The third-order valence-electron chi connectivity index (χ3n) is 3.65. The summed E-state index contributed by atoms with van der Waals surface area (Å²) in [5.41, 5.74) is 1.47. The van der Waals surface area contributed by atoms with Crippen LogP contribution in [0.25, 0.3) is 0 Å². The lowest BCUT2D eigenvalue weighted by Crippen LogP contribution is -2.48. The molecule has 6 heteroatoms. The van der Waals surface area contributed by atoms with Gasteiger partial charge in [-0.15, -0.1) is 0 Å². The number of hydrogen-bond donors (Lipinski definition) is 0. The van der Waals surface area contributed by atoms with Gasteiger partial charge in [0.25, 0.3) is 0 Å². The van der Waals surface area contributed by atoms with Crippen LogP contribution in [0.15, 0.2) is 29.4 Å². The summed E-state index contributed by atoms with van der Waals surface area (Å²) < 4.78 is 10.7. The van der Waals surface area contributed by atoms with Crippen molar-refractivity contribution in [1.82, 2.24) is 0 Å². The molecule has 3 aliphatic rings. The standard InChI is InChI=1S/C13H10ClNO4/c14-7-3-1-6(2-4-7)10-9-11(16)13-17-5-8(18-13)12(9)19-15-10/h1-4,8-9,12-13H,5H2/t8-,9+,12-,13+/m1/s1. The van der Waals surface area contributed by atoms with Crippen LogP contribution in [0.5, 0.6) is 0 Å². The summed E-state index contributed by atoms with van der Waals surface area (Å²) in [6.45, 7) is 0.376. The number of oxime groups is 1. The van der Waals surface area contributed by atoms with Crippen molar-refractivity contribution in [1.29, 1.82) is 0 Å². The quantitative estimate of drug-likeness (QED) is 0.779. The minimum absolute atomic E-state index is 0.120. The van der Waals surface area contributed by atoms with Crippen LogP contribution in [0.3, 0.4) is 0 Å². The second-order valence-electron chi connectivity index (χ2n) is 4.77. The Labute approximate surface area is 114 Å². The van der Waals surface area contributed by atoms with Crippen LogP contribution < -0.4 is 0 Å². The van der Waals surface area contributed by atoms with E-state index in [0.717, 1.165) is 5.56 Å². The molecular formula is C13H10ClNO4. The number of halogens is 1. The van der Waals surface area contributed by atoms with Gasteiger partial charge in [-0.25, -0.2) is 0 Å². The molecule has 0 N–H and O–H groups in total. The predicted molar refractivity (Wildman–Crippen MR) is 66.0 cm³/mol. The van der Waals surface area contributed by atoms with Crippen LogP contribution in [-0.2, 0) is 19.1 Å². The van der Waals surface area contributed by atoms with E-state index in [2.05, 4.69) is 5.16 Å². The topological polar surface area (TPSA) is 57.1 Å². The number of fused-ring (bicyclic) bond motifs is 4. The number of carbonyl (C=O) groups is 1. The van der Waals surface area contributed by atoms with Crippen molar-refractivity contribution in [3.8, 4) is 0 Å². The predicted octanol–water partition coefficient (Wildman–Crippen LogP) is 1.38. The molecule has 2 saturated heterocycles. The molecular weight excluding hydrogens is 270 g/mol. The van der Waals surface area contributed by atoms with E-state index in [9.17, 15) is 4.79 Å². The number of benzene rings is 1. The number of nitrogens with zero attached hydrogens (tertiary/aromatic N) is 1. The van der Waals surface area contributed by atoms with E-state index in [4.69, 9.17) is 25.9 Å². The second-order valence-corrected chi connectivity index (χ2v) is 5.21. The smallest absolute Gasteiger partial charge is 0.219 e. The maximum atomic E-state index is 12.3. The molecule has 19 heavy (non-hydrogen) atoms. The van der Waals surface area contributed by atoms with Crippen molar-refractivity contribution in [2.24, 2.45) is 11.1 Å². The molecule has 98 valence electrons. The minimum atomic E-state index is -0.773. The molecule has 4 atom stereocenters. The fraction of sp³-hybridized carbons (Fsp3) is 0.385. The Morgan fingerprint density at radius 2 is 2.05 bits per heavy atom. The van der Waals surface area contributed by atoms with Crippen molar-refractivity contribution in [3.63, 3.8) is 0 Å². The van der Waals surface area contributed by atoms with Crippen LogP contribution in [0.4, 0.5) is 0 Å². The van der Waals surface area contributed by atoms with Gasteiger partial charge < -0.3 is 14.3 Å². The molecule has 2 fully saturated rings. The highest BCUT2D eigenvalue weighted by Gasteiger charge is 2.56. The molecule has 0 spiro atoms. The first kappa shape index (κ1) is 11.4. The van der Waals surface area contributed by atoms with E-state index >= 15 is 0 Å². The first-order valence-electron chi connectivity index (χ1n) is 6.04. The Balaban J connectivity index is 1.71. The van der Waals surface area contributed by atoms with E-state index < -0.39 is 12.2 Å². The SMILES string of the molecule is O=C1[C@H]2OC[C@@H](O2)[C@H]2ON=C(c3ccc(Cl)cc3)[C@@H]12. The Morgan fingerprint density at radius 1 is 1.26 bits per heavy atom. The molecule has 5 nitrogen and oxygen atoms in total. The van der Waals surface area contributed by atoms with Gasteiger partial charge in [-0.3, -0.25) is 4.79 Å². The zero-order valence-electron chi connectivity index (χ0n) is 9.78. The highest BCUT2D eigenvalue weighted by atomic mass is 35.5. The van der Waals surface area contributed by atoms with Crippen molar-refractivity contribution in [2.45, 2.75) is 18.5 Å². The molecule has 3 heterocycles. The average molecular weight is 280 g/mol. The van der Waals surface area contributed by atoms with Gasteiger partial charge in [-0.05, 0) is 12.1 Å². The molecule has 0 radical (unpaired) electrons. The first-order valence-corrected chi connectivity index (χ1v) is 6.42. The zero-order valence-corrected chi connectivity index (χ0v) is 10.5. The third-order valence-corrected chi connectivity index (χ3v) is 3.90. The van der Waals surface area contributed by atoms with Gasteiger partial charge >= 0.3 is 0 Å². The average Bonchev–Trinajstić information content (AvgIpc) is 3.03. The summed E-state index contributed by atoms with van der Waals surface area (Å²) in [6.07, 6.45) is -1.37. The molecule has 1 aromatic rings. The van der Waals surface area contributed by atoms with Crippen LogP contribution in [0, 0.1) is 5.92 Å². The van der Waals surface area contributed by atoms with Crippen molar-refractivity contribution in [2.75, 3.05) is 6.61 Å². The molecule has 0 unspecified atom stereocenters. The molecule has 2 bridgehead atoms. The Bertz CT molecular complexity index is 571. The number of Topliss-reactive ketones (excluding diaryl/α,β-unsaturated/α-hetero) is 1. The summed E-state index contributed by atoms with van der Waals surface area (Å²) in [7, 11) is 0. The lowest BCUT2D eigenvalue weighted by Gasteiger charge is -2.27. The van der Waals surface area contributed by atoms with Gasteiger partial charge in [0, 0.05) is 10.6 Å². The summed E-state index contributed by atoms with van der Waals surface area (Å²) in [5.74, 6) is -0.530. The monoisotopic (exact) mass is 279 g/mol. The van der Waals surface area contributed by atoms with E-state index in [1.54, 1.807) is 12.1 Å². The molecule has 0 aromatic heterocycles. The summed E-state index contributed by atoms with van der Waals surface area (Å²) in [5, 5.41) is 4.71. The first-order chi connectivity index (χ1) is 9.24. The highest BCUT2D eigenvalue weighted by molar-refractivity contribution is 6.30. The molecule has 4 rings (SSSR count). The normalized spacial score (nSPS) is 35.8. The fourth-order valence-electron chi connectivity index (χ4n) is 2.71. The Morgan fingerprint density at radius 3 is 2.84 bits per heavy atom. The zero-order chi connectivity index (χ0) is 13.0. The number of carbonyl (C=O) groups excluding carboxylic acids is 1. The van der Waals surface area contributed by atoms with Crippen molar-refractivity contribution >= 4 is 23.1 Å². The number of ketones is 1. The van der Waals surface area contributed by atoms with E-state index in [-0.39, 0.29) is 18.0 Å². The van der Waals surface area contributed by atoms with Crippen LogP contribution in [-0.4, -0.2) is 36.6 Å². The molecule has 1 aromatic carbocycles. The molecule has 0 saturated carbocycles. The Kier molecular flexibility index (Phi) is 2.42. The van der Waals surface area contributed by atoms with Gasteiger partial charge in [0.1, 0.15) is 17.7 Å². The van der Waals surface area contributed by atoms with Gasteiger partial charge in [-0.1, -0.05) is 28.9 Å². The lowest BCUT2D eigenvalue weighted by molar-refractivity contribution is -0.169. The van der Waals surface area contributed by atoms with Gasteiger partial charge in [0.05, 0.1) is 6.61 Å². The van der Waals surface area contributed by atoms with Crippen LogP contribution >= 0.6 is 11.6 Å². The number of ether oxygens (including phenoxy) is 2. The number of rotatable bonds is 1. The van der Waals surface area contributed by atoms with Gasteiger partial charge in [-0.2, -0.15) is 0 Å². The summed E-state index contributed by atoms with van der Waals surface area (Å²) >= 11 is 5.86. The Hall–Kier alpha value is -1.43. The second kappa shape index (κ2) is 4.03. The lowest BCUT2D eigenvalue weighted by atomic mass is 9.85. The molecule has 0 aliphatic carbocycles.